The summed E-state index contributed by atoms with van der Waals surface area (Å²) in [7, 11) is 0. The van der Waals surface area contributed by atoms with Crippen LogP contribution in [0.3, 0.4) is 0 Å². The zero-order valence-electron chi connectivity index (χ0n) is 20.1. The Bertz CT molecular complexity index is 1260. The van der Waals surface area contributed by atoms with E-state index in [1.54, 1.807) is 13.0 Å². The summed E-state index contributed by atoms with van der Waals surface area (Å²) in [5, 5.41) is 0. The van der Waals surface area contributed by atoms with Crippen molar-refractivity contribution in [3.63, 3.8) is 0 Å². The minimum atomic E-state index is -4.46. The third-order valence-corrected chi connectivity index (χ3v) is 7.31. The van der Waals surface area contributed by atoms with E-state index in [0.29, 0.717) is 30.1 Å². The fourth-order valence-corrected chi connectivity index (χ4v) is 5.29. The summed E-state index contributed by atoms with van der Waals surface area (Å²) in [6.07, 6.45) is -3.32. The first-order chi connectivity index (χ1) is 16.9. The van der Waals surface area contributed by atoms with E-state index in [1.807, 2.05) is 26.0 Å². The summed E-state index contributed by atoms with van der Waals surface area (Å²) in [5.74, 6) is 0.297. The Morgan fingerprint density at radius 3 is 2.53 bits per heavy atom. The van der Waals surface area contributed by atoms with E-state index in [-0.39, 0.29) is 36.3 Å². The van der Waals surface area contributed by atoms with Crippen LogP contribution in [-0.2, 0) is 21.4 Å². The summed E-state index contributed by atoms with van der Waals surface area (Å²) < 4.78 is 59.6. The zero-order valence-corrected chi connectivity index (χ0v) is 20.1. The second kappa shape index (κ2) is 8.09. The molecule has 0 bridgehead atoms. The van der Waals surface area contributed by atoms with Crippen molar-refractivity contribution in [1.29, 1.82) is 0 Å². The Kier molecular flexibility index (Phi) is 5.47. The lowest BCUT2D eigenvalue weighted by atomic mass is 9.55. The predicted molar refractivity (Wildman–Crippen MR) is 122 cm³/mol. The third-order valence-electron chi connectivity index (χ3n) is 7.31. The highest BCUT2D eigenvalue weighted by atomic mass is 19.4. The molecule has 2 spiro atoms. The Hall–Kier alpha value is -3.34. The van der Waals surface area contributed by atoms with Crippen molar-refractivity contribution in [2.45, 2.75) is 44.5 Å². The number of nitrogens with two attached hydrogens (primary N) is 1. The topological polar surface area (TPSA) is 105 Å². The molecule has 4 heterocycles. The van der Waals surface area contributed by atoms with Gasteiger partial charge in [0, 0.05) is 12.0 Å². The lowest BCUT2D eigenvalue weighted by Gasteiger charge is -2.61. The van der Waals surface area contributed by atoms with Gasteiger partial charge in [-0.25, -0.2) is 9.98 Å². The molecule has 3 aliphatic heterocycles. The second-order valence-electron chi connectivity index (χ2n) is 9.96. The van der Waals surface area contributed by atoms with E-state index < -0.39 is 29.3 Å². The largest absolute Gasteiger partial charge is 0.487 e. The van der Waals surface area contributed by atoms with Crippen molar-refractivity contribution >= 4 is 11.8 Å². The van der Waals surface area contributed by atoms with E-state index >= 15 is 0 Å². The number of ketones is 1. The summed E-state index contributed by atoms with van der Waals surface area (Å²) in [6.45, 7) is 5.26. The van der Waals surface area contributed by atoms with Gasteiger partial charge in [-0.05, 0) is 50.1 Å². The fraction of sp³-hybridized carbons (Fsp3) is 0.480. The van der Waals surface area contributed by atoms with Crippen LogP contribution < -0.4 is 15.2 Å². The fourth-order valence-electron chi connectivity index (χ4n) is 5.29. The average Bonchev–Trinajstić information content (AvgIpc) is 3.13. The molecule has 1 aromatic heterocycles. The van der Waals surface area contributed by atoms with Gasteiger partial charge in [-0.15, -0.1) is 0 Å². The number of carbonyl (C=O) groups is 1. The Morgan fingerprint density at radius 2 is 1.94 bits per heavy atom. The molecule has 11 heteroatoms. The number of hydrogen-bond donors (Lipinski definition) is 1. The van der Waals surface area contributed by atoms with E-state index in [2.05, 4.69) is 4.98 Å². The van der Waals surface area contributed by atoms with Crippen LogP contribution in [-0.4, -0.2) is 55.0 Å². The number of alkyl halides is 3. The molecule has 0 radical (unpaired) electrons. The van der Waals surface area contributed by atoms with Crippen molar-refractivity contribution < 1.29 is 36.9 Å². The Morgan fingerprint density at radius 1 is 1.19 bits per heavy atom. The number of aryl methyl sites for hydroxylation is 1. The highest BCUT2D eigenvalue weighted by Gasteiger charge is 2.71. The number of ether oxygens (including phenoxy) is 4. The van der Waals surface area contributed by atoms with E-state index in [0.717, 1.165) is 11.8 Å². The van der Waals surface area contributed by atoms with E-state index in [4.69, 9.17) is 29.7 Å². The molecular weight excluding hydrogens is 479 g/mol. The number of rotatable bonds is 5. The number of halogens is 3. The molecule has 5 rings (SSSR count). The van der Waals surface area contributed by atoms with Gasteiger partial charge in [0.2, 0.25) is 0 Å². The average molecular weight is 505 g/mol. The number of hydrogen-bond acceptors (Lipinski definition) is 8. The molecule has 3 aliphatic rings. The van der Waals surface area contributed by atoms with Crippen molar-refractivity contribution in [2.75, 3.05) is 26.4 Å². The van der Waals surface area contributed by atoms with Gasteiger partial charge in [0.15, 0.2) is 12.4 Å². The lowest BCUT2D eigenvalue weighted by molar-refractivity contribution is -0.247. The lowest BCUT2D eigenvalue weighted by Crippen LogP contribution is -2.71. The smallest absolute Gasteiger partial charge is 0.422 e. The summed E-state index contributed by atoms with van der Waals surface area (Å²) >= 11 is 0. The molecule has 1 atom stereocenters. The highest BCUT2D eigenvalue weighted by molar-refractivity contribution is 5.97. The van der Waals surface area contributed by atoms with Gasteiger partial charge in [0.25, 0.3) is 6.02 Å². The van der Waals surface area contributed by atoms with Crippen LogP contribution in [0.1, 0.15) is 41.0 Å². The van der Waals surface area contributed by atoms with Gasteiger partial charge < -0.3 is 24.7 Å². The summed E-state index contributed by atoms with van der Waals surface area (Å²) in [6, 6.07) is 6.96. The first-order valence-electron chi connectivity index (χ1n) is 11.4. The number of aromatic nitrogens is 1. The van der Waals surface area contributed by atoms with Gasteiger partial charge in [0.1, 0.15) is 34.9 Å². The van der Waals surface area contributed by atoms with Crippen molar-refractivity contribution in [3.8, 4) is 11.5 Å². The Balaban J connectivity index is 1.43. The molecule has 0 saturated carbocycles. The van der Waals surface area contributed by atoms with Crippen molar-refractivity contribution in [1.82, 2.24) is 4.98 Å². The van der Waals surface area contributed by atoms with Crippen LogP contribution in [0, 0.1) is 12.3 Å². The molecule has 2 N–H and O–H groups in total. The van der Waals surface area contributed by atoms with Crippen LogP contribution >= 0.6 is 0 Å². The number of nitrogens with zero attached hydrogens (tertiary/aromatic N) is 2. The number of carbonyl (C=O) groups excluding carboxylic acids is 1. The molecule has 1 fully saturated rings. The van der Waals surface area contributed by atoms with Gasteiger partial charge in [-0.2, -0.15) is 13.2 Å². The number of amidine groups is 1. The summed E-state index contributed by atoms with van der Waals surface area (Å²) in [4.78, 5) is 21.9. The molecule has 0 amide bonds. The van der Waals surface area contributed by atoms with E-state index in [9.17, 15) is 18.0 Å². The standard InChI is InChI=1S/C25H26F3N3O5/c1-14-6-16(34-13-25(26,27)28)9-30-20(14)18(32)8-15-4-5-19-17(7-15)24(12-35-21(29)31-24)23(10-33-11-23)22(2,3)36-19/h4-7,9H,8,10-13H2,1-3H3,(H2,29,31). The number of fused-ring (bicyclic) bond motifs is 3. The Labute approximate surface area is 205 Å². The molecule has 36 heavy (non-hydrogen) atoms. The monoisotopic (exact) mass is 505 g/mol. The number of pyridine rings is 1. The zero-order chi connectivity index (χ0) is 25.9. The first kappa shape index (κ1) is 24.4. The van der Waals surface area contributed by atoms with Crippen molar-refractivity contribution in [2.24, 2.45) is 16.1 Å². The molecule has 1 aromatic carbocycles. The van der Waals surface area contributed by atoms with Gasteiger partial charge in [-0.3, -0.25) is 4.79 Å². The van der Waals surface area contributed by atoms with Crippen LogP contribution in [0.5, 0.6) is 11.5 Å². The molecule has 2 aromatic rings. The third kappa shape index (κ3) is 3.76. The van der Waals surface area contributed by atoms with Crippen molar-refractivity contribution in [3.05, 3.63) is 52.8 Å². The normalized spacial score (nSPS) is 23.3. The maximum Gasteiger partial charge on any atom is 0.422 e. The summed E-state index contributed by atoms with van der Waals surface area (Å²) in [5.41, 5.74) is 6.10. The second-order valence-corrected chi connectivity index (χ2v) is 9.96. The van der Waals surface area contributed by atoms with Gasteiger partial charge >= 0.3 is 6.18 Å². The quantitative estimate of drug-likeness (QED) is 0.621. The van der Waals surface area contributed by atoms with Gasteiger partial charge in [0.05, 0.1) is 24.8 Å². The molecule has 0 aliphatic carbocycles. The predicted octanol–water partition coefficient (Wildman–Crippen LogP) is 3.48. The van der Waals surface area contributed by atoms with Crippen LogP contribution in [0.2, 0.25) is 0 Å². The highest BCUT2D eigenvalue weighted by Crippen LogP contribution is 2.62. The maximum atomic E-state index is 13.1. The molecule has 1 saturated heterocycles. The SMILES string of the molecule is Cc1cc(OCC(F)(F)F)cnc1C(=O)Cc1ccc2c(c1)C1(COC(N)=N1)C1(COC1)C(C)(C)O2. The minimum Gasteiger partial charge on any atom is -0.487 e. The number of Topliss-reactive ketones (excluding diaryl/α,β-unsaturated/α-hetero) is 1. The maximum absolute atomic E-state index is 13.1. The first-order valence-corrected chi connectivity index (χ1v) is 11.4. The van der Waals surface area contributed by atoms with Crippen LogP contribution in [0.4, 0.5) is 13.2 Å². The van der Waals surface area contributed by atoms with Gasteiger partial charge in [-0.1, -0.05) is 6.07 Å². The minimum absolute atomic E-state index is 0.0207. The molecule has 192 valence electrons. The molecule has 8 nitrogen and oxygen atoms in total. The number of aliphatic imine (C=N–C) groups is 1. The molecular formula is C25H26F3N3O5. The van der Waals surface area contributed by atoms with Crippen LogP contribution in [0.25, 0.3) is 0 Å². The molecule has 1 unspecified atom stereocenters. The van der Waals surface area contributed by atoms with E-state index in [1.165, 1.54) is 6.07 Å². The number of benzene rings is 1. The van der Waals surface area contributed by atoms with Crippen LogP contribution in [0.15, 0.2) is 35.5 Å².